The van der Waals surface area contributed by atoms with E-state index in [9.17, 15) is 14.7 Å². The van der Waals surface area contributed by atoms with Crippen LogP contribution in [0.3, 0.4) is 0 Å². The average molecular weight is 433 g/mol. The molecule has 0 aromatic heterocycles. The fourth-order valence-corrected chi connectivity index (χ4v) is 3.08. The maximum absolute atomic E-state index is 12.9. The van der Waals surface area contributed by atoms with Gasteiger partial charge < -0.3 is 9.84 Å². The first-order valence-electron chi connectivity index (χ1n) is 7.44. The maximum Gasteiger partial charge on any atom is 0.270 e. The predicted molar refractivity (Wildman–Crippen MR) is 105 cm³/mol. The Morgan fingerprint density at radius 1 is 1.19 bits per heavy atom. The fourth-order valence-electron chi connectivity index (χ4n) is 2.40. The number of phenolic OH excluding ortho intramolecular Hbond substituents is 1. The maximum atomic E-state index is 12.9. The van der Waals surface area contributed by atoms with Gasteiger partial charge in [0.05, 0.1) is 17.3 Å². The van der Waals surface area contributed by atoms with Crippen molar-refractivity contribution < 1.29 is 19.4 Å². The van der Waals surface area contributed by atoms with Crippen LogP contribution in [0.2, 0.25) is 0 Å². The summed E-state index contributed by atoms with van der Waals surface area (Å²) in [6.07, 6.45) is 1.44. The highest BCUT2D eigenvalue weighted by Crippen LogP contribution is 2.27. The number of benzene rings is 2. The van der Waals surface area contributed by atoms with Gasteiger partial charge in [-0.1, -0.05) is 6.07 Å². The number of aromatic hydroxyl groups is 1. The van der Waals surface area contributed by atoms with Crippen LogP contribution in [-0.2, 0) is 9.59 Å². The van der Waals surface area contributed by atoms with Gasteiger partial charge in [0.25, 0.3) is 11.8 Å². The van der Waals surface area contributed by atoms with E-state index in [4.69, 9.17) is 17.0 Å². The molecule has 1 heterocycles. The van der Waals surface area contributed by atoms with E-state index in [0.29, 0.717) is 21.5 Å². The van der Waals surface area contributed by atoms with Crippen LogP contribution in [0.4, 0.5) is 5.69 Å². The third kappa shape index (κ3) is 3.47. The van der Waals surface area contributed by atoms with Crippen molar-refractivity contribution in [3.05, 3.63) is 58.1 Å². The van der Waals surface area contributed by atoms with Crippen LogP contribution in [0, 0.1) is 0 Å². The number of carbonyl (C=O) groups is 2. The van der Waals surface area contributed by atoms with Crippen molar-refractivity contribution in [1.82, 2.24) is 5.32 Å². The van der Waals surface area contributed by atoms with Crippen LogP contribution in [-0.4, -0.2) is 29.1 Å². The zero-order chi connectivity index (χ0) is 18.8. The topological polar surface area (TPSA) is 78.9 Å². The average Bonchev–Trinajstić information content (AvgIpc) is 2.62. The van der Waals surface area contributed by atoms with Gasteiger partial charge in [-0.05, 0) is 76.2 Å². The molecular formula is C18H13BrN2O4S. The number of thiocarbonyl (C=S) groups is 1. The zero-order valence-corrected chi connectivity index (χ0v) is 15.9. The summed E-state index contributed by atoms with van der Waals surface area (Å²) >= 11 is 8.36. The standard InChI is InChI=1S/C18H13BrN2O4S/c1-25-12-5-3-11(4-6-12)21-17(24)13(16(23)20-18(21)26)8-10-2-7-15(22)14(19)9-10/h2-9,22H,1H3,(H,20,23,26)/b13-8+. The number of ether oxygens (including phenoxy) is 1. The number of amides is 2. The molecule has 2 amide bonds. The van der Waals surface area contributed by atoms with Crippen molar-refractivity contribution >= 4 is 56.8 Å². The highest BCUT2D eigenvalue weighted by Gasteiger charge is 2.34. The SMILES string of the molecule is COc1ccc(N2C(=O)/C(=C/c3ccc(O)c(Br)c3)C(=O)NC2=S)cc1. The zero-order valence-electron chi connectivity index (χ0n) is 13.5. The lowest BCUT2D eigenvalue weighted by Crippen LogP contribution is -2.54. The number of carbonyl (C=O) groups excluding carboxylic acids is 2. The van der Waals surface area contributed by atoms with Crippen molar-refractivity contribution in [2.24, 2.45) is 0 Å². The first kappa shape index (κ1) is 18.1. The fraction of sp³-hybridized carbons (Fsp3) is 0.0556. The van der Waals surface area contributed by atoms with E-state index >= 15 is 0 Å². The van der Waals surface area contributed by atoms with Crippen LogP contribution in [0.1, 0.15) is 5.56 Å². The summed E-state index contributed by atoms with van der Waals surface area (Å²) in [5, 5.41) is 12.1. The van der Waals surface area contributed by atoms with Crippen molar-refractivity contribution in [2.75, 3.05) is 12.0 Å². The highest BCUT2D eigenvalue weighted by molar-refractivity contribution is 9.10. The Bertz CT molecular complexity index is 941. The third-order valence-electron chi connectivity index (χ3n) is 3.72. The van der Waals surface area contributed by atoms with Crippen molar-refractivity contribution in [3.8, 4) is 11.5 Å². The summed E-state index contributed by atoms with van der Waals surface area (Å²) in [5.74, 6) is -0.410. The molecule has 2 aromatic carbocycles. The second kappa shape index (κ2) is 7.27. The lowest BCUT2D eigenvalue weighted by molar-refractivity contribution is -0.122. The van der Waals surface area contributed by atoms with Gasteiger partial charge >= 0.3 is 0 Å². The van der Waals surface area contributed by atoms with Gasteiger partial charge in [0, 0.05) is 0 Å². The second-order valence-corrected chi connectivity index (χ2v) is 6.61. The van der Waals surface area contributed by atoms with E-state index < -0.39 is 11.8 Å². The number of rotatable bonds is 3. The van der Waals surface area contributed by atoms with E-state index in [1.54, 1.807) is 43.5 Å². The molecule has 3 rings (SSSR count). The summed E-state index contributed by atoms with van der Waals surface area (Å²) in [5.41, 5.74) is 1.03. The summed E-state index contributed by atoms with van der Waals surface area (Å²) in [6.45, 7) is 0. The van der Waals surface area contributed by atoms with E-state index in [-0.39, 0.29) is 16.4 Å². The molecule has 2 N–H and O–H groups in total. The van der Waals surface area contributed by atoms with E-state index in [2.05, 4.69) is 21.2 Å². The lowest BCUT2D eigenvalue weighted by atomic mass is 10.1. The molecule has 0 atom stereocenters. The minimum atomic E-state index is -0.575. The number of hydrogen-bond acceptors (Lipinski definition) is 5. The molecule has 1 aliphatic rings. The van der Waals surface area contributed by atoms with Crippen LogP contribution in [0.5, 0.6) is 11.5 Å². The largest absolute Gasteiger partial charge is 0.507 e. The van der Waals surface area contributed by atoms with Crippen LogP contribution < -0.4 is 15.0 Å². The highest BCUT2D eigenvalue weighted by atomic mass is 79.9. The van der Waals surface area contributed by atoms with Crippen molar-refractivity contribution in [1.29, 1.82) is 0 Å². The number of nitrogens with zero attached hydrogens (tertiary/aromatic N) is 1. The van der Waals surface area contributed by atoms with E-state index in [0.717, 1.165) is 0 Å². The number of halogens is 1. The molecule has 1 fully saturated rings. The molecule has 0 radical (unpaired) electrons. The molecule has 0 bridgehead atoms. The van der Waals surface area contributed by atoms with E-state index in [1.165, 1.54) is 17.0 Å². The predicted octanol–water partition coefficient (Wildman–Crippen LogP) is 2.99. The summed E-state index contributed by atoms with van der Waals surface area (Å²) in [7, 11) is 1.54. The van der Waals surface area contributed by atoms with Gasteiger partial charge in [-0.15, -0.1) is 0 Å². The van der Waals surface area contributed by atoms with Gasteiger partial charge in [-0.25, -0.2) is 0 Å². The summed E-state index contributed by atoms with van der Waals surface area (Å²) in [6, 6.07) is 11.4. The summed E-state index contributed by atoms with van der Waals surface area (Å²) in [4.78, 5) is 26.4. The van der Waals surface area contributed by atoms with E-state index in [1.807, 2.05) is 0 Å². The van der Waals surface area contributed by atoms with Gasteiger partial charge in [0.1, 0.15) is 17.1 Å². The Morgan fingerprint density at radius 2 is 1.88 bits per heavy atom. The number of anilines is 1. The van der Waals surface area contributed by atoms with Crippen molar-refractivity contribution in [3.63, 3.8) is 0 Å². The second-order valence-electron chi connectivity index (χ2n) is 5.37. The minimum Gasteiger partial charge on any atom is -0.507 e. The molecule has 1 aliphatic heterocycles. The molecule has 0 unspecified atom stereocenters. The molecule has 26 heavy (non-hydrogen) atoms. The Balaban J connectivity index is 1.99. The normalized spacial score (nSPS) is 16.0. The molecule has 0 aliphatic carbocycles. The monoisotopic (exact) mass is 432 g/mol. The minimum absolute atomic E-state index is 0.00852. The number of nitrogens with one attached hydrogen (secondary N) is 1. The van der Waals surface area contributed by atoms with Gasteiger partial charge in [0.15, 0.2) is 5.11 Å². The molecule has 6 nitrogen and oxygen atoms in total. The Morgan fingerprint density at radius 3 is 2.50 bits per heavy atom. The van der Waals surface area contributed by atoms with Crippen LogP contribution in [0.25, 0.3) is 6.08 Å². The molecule has 132 valence electrons. The Kier molecular flexibility index (Phi) is 5.06. The molecular weight excluding hydrogens is 420 g/mol. The molecule has 8 heteroatoms. The molecule has 0 saturated carbocycles. The molecule has 1 saturated heterocycles. The lowest BCUT2D eigenvalue weighted by Gasteiger charge is -2.29. The molecule has 2 aromatic rings. The third-order valence-corrected chi connectivity index (χ3v) is 4.63. The van der Waals surface area contributed by atoms with Gasteiger partial charge in [0.2, 0.25) is 0 Å². The Labute approximate surface area is 163 Å². The first-order chi connectivity index (χ1) is 12.4. The number of hydrogen-bond donors (Lipinski definition) is 2. The first-order valence-corrected chi connectivity index (χ1v) is 8.65. The smallest absolute Gasteiger partial charge is 0.270 e. The van der Waals surface area contributed by atoms with Gasteiger partial charge in [-0.2, -0.15) is 0 Å². The summed E-state index contributed by atoms with van der Waals surface area (Å²) < 4.78 is 5.56. The number of phenols is 1. The van der Waals surface area contributed by atoms with Gasteiger partial charge in [-0.3, -0.25) is 19.8 Å². The quantitative estimate of drug-likeness (QED) is 0.442. The Hall–Kier alpha value is -2.71. The van der Waals surface area contributed by atoms with Crippen molar-refractivity contribution in [2.45, 2.75) is 0 Å². The number of methoxy groups -OCH3 is 1. The van der Waals surface area contributed by atoms with Crippen LogP contribution >= 0.6 is 28.1 Å². The molecule has 0 spiro atoms. The van der Waals surface area contributed by atoms with Crippen LogP contribution in [0.15, 0.2) is 52.5 Å².